The predicted octanol–water partition coefficient (Wildman–Crippen LogP) is 2.73. The van der Waals surface area contributed by atoms with E-state index in [4.69, 9.17) is 5.73 Å². The van der Waals surface area contributed by atoms with Gasteiger partial charge in [-0.25, -0.2) is 4.98 Å². The van der Waals surface area contributed by atoms with Crippen molar-refractivity contribution < 1.29 is 0 Å². The summed E-state index contributed by atoms with van der Waals surface area (Å²) in [5.74, 6) is 0.778. The Morgan fingerprint density at radius 3 is 2.75 bits per heavy atom. The van der Waals surface area contributed by atoms with Gasteiger partial charge in [0.05, 0.1) is 18.1 Å². The Hall–Kier alpha value is -0.870. The van der Waals surface area contributed by atoms with Gasteiger partial charge in [-0.1, -0.05) is 19.8 Å². The fourth-order valence-corrected chi connectivity index (χ4v) is 3.86. The Morgan fingerprint density at radius 2 is 2.10 bits per heavy atom. The van der Waals surface area contributed by atoms with Crippen LogP contribution in [0.25, 0.3) is 0 Å². The summed E-state index contributed by atoms with van der Waals surface area (Å²) in [6.45, 7) is 3.07. The molecule has 3 rings (SSSR count). The minimum atomic E-state index is 0.309. The molecule has 0 aromatic carbocycles. The first kappa shape index (κ1) is 14.1. The van der Waals surface area contributed by atoms with Crippen LogP contribution in [0.4, 0.5) is 0 Å². The van der Waals surface area contributed by atoms with Crippen LogP contribution in [0.15, 0.2) is 12.5 Å². The summed E-state index contributed by atoms with van der Waals surface area (Å²) in [7, 11) is 2.26. The van der Waals surface area contributed by atoms with Crippen LogP contribution in [-0.2, 0) is 0 Å². The molecule has 1 heterocycles. The van der Waals surface area contributed by atoms with E-state index in [9.17, 15) is 0 Å². The molecule has 2 fully saturated rings. The summed E-state index contributed by atoms with van der Waals surface area (Å²) in [6, 6.07) is 1.65. The molecule has 0 spiro atoms. The fourth-order valence-electron chi connectivity index (χ4n) is 3.86. The van der Waals surface area contributed by atoms with Gasteiger partial charge in [-0.3, -0.25) is 4.90 Å². The van der Waals surface area contributed by atoms with E-state index >= 15 is 0 Å². The molecule has 112 valence electrons. The van der Waals surface area contributed by atoms with Gasteiger partial charge in [0.1, 0.15) is 0 Å². The molecule has 4 heteroatoms. The lowest BCUT2D eigenvalue weighted by atomic mass is 9.84. The zero-order valence-corrected chi connectivity index (χ0v) is 12.8. The second kappa shape index (κ2) is 5.86. The van der Waals surface area contributed by atoms with Crippen molar-refractivity contribution in [2.45, 2.75) is 63.6 Å². The third kappa shape index (κ3) is 2.63. The lowest BCUT2D eigenvalue weighted by Crippen LogP contribution is -2.44. The Morgan fingerprint density at radius 1 is 1.35 bits per heavy atom. The van der Waals surface area contributed by atoms with E-state index in [1.807, 2.05) is 12.5 Å². The number of nitrogens with two attached hydrogens (primary N) is 1. The molecule has 0 amide bonds. The number of aromatic nitrogens is 2. The molecular formula is C16H28N4. The summed E-state index contributed by atoms with van der Waals surface area (Å²) >= 11 is 0. The van der Waals surface area contributed by atoms with Crippen molar-refractivity contribution in [3.63, 3.8) is 0 Å². The summed E-state index contributed by atoms with van der Waals surface area (Å²) < 4.78 is 2.36. The van der Waals surface area contributed by atoms with Gasteiger partial charge in [-0.2, -0.15) is 0 Å². The van der Waals surface area contributed by atoms with Crippen LogP contribution in [0.5, 0.6) is 0 Å². The number of imidazole rings is 1. The second-order valence-corrected chi connectivity index (χ2v) is 6.70. The third-order valence-electron chi connectivity index (χ3n) is 5.28. The minimum absolute atomic E-state index is 0.309. The largest absolute Gasteiger partial charge is 0.330 e. The summed E-state index contributed by atoms with van der Waals surface area (Å²) in [5.41, 5.74) is 7.44. The maximum absolute atomic E-state index is 6.12. The fraction of sp³-hybridized carbons (Fsp3) is 0.812. The standard InChI is InChI=1S/C16H28N4/c1-12-5-3-4-6-14(12)19(2)15(9-17)16-10-18-11-20(16)13-7-8-13/h10-15H,3-9,17H2,1-2H3. The van der Waals surface area contributed by atoms with Crippen molar-refractivity contribution in [3.05, 3.63) is 18.2 Å². The maximum atomic E-state index is 6.12. The van der Waals surface area contributed by atoms with Crippen LogP contribution >= 0.6 is 0 Å². The molecule has 0 aliphatic heterocycles. The van der Waals surface area contributed by atoms with E-state index in [1.54, 1.807) is 0 Å². The van der Waals surface area contributed by atoms with E-state index in [0.717, 1.165) is 5.92 Å². The predicted molar refractivity (Wildman–Crippen MR) is 81.5 cm³/mol. The van der Waals surface area contributed by atoms with Gasteiger partial charge in [-0.15, -0.1) is 0 Å². The second-order valence-electron chi connectivity index (χ2n) is 6.70. The van der Waals surface area contributed by atoms with Gasteiger partial charge in [0, 0.05) is 24.8 Å². The lowest BCUT2D eigenvalue weighted by Gasteiger charge is -2.40. The van der Waals surface area contributed by atoms with Crippen molar-refractivity contribution in [1.82, 2.24) is 14.5 Å². The molecule has 0 saturated heterocycles. The molecule has 2 N–H and O–H groups in total. The Kier molecular flexibility index (Phi) is 4.13. The van der Waals surface area contributed by atoms with Crippen LogP contribution in [0.1, 0.15) is 63.2 Å². The number of likely N-dealkylation sites (N-methyl/N-ethyl adjacent to an activating group) is 1. The molecule has 3 unspecified atom stereocenters. The van der Waals surface area contributed by atoms with Crippen LogP contribution in [-0.4, -0.2) is 34.1 Å². The highest BCUT2D eigenvalue weighted by molar-refractivity contribution is 5.10. The first-order valence-electron chi connectivity index (χ1n) is 8.16. The van der Waals surface area contributed by atoms with Gasteiger partial charge in [0.15, 0.2) is 0 Å². The molecule has 0 radical (unpaired) electrons. The van der Waals surface area contributed by atoms with Crippen molar-refractivity contribution in [3.8, 4) is 0 Å². The highest BCUT2D eigenvalue weighted by Crippen LogP contribution is 2.38. The van der Waals surface area contributed by atoms with Gasteiger partial charge in [0.25, 0.3) is 0 Å². The van der Waals surface area contributed by atoms with E-state index in [2.05, 4.69) is 28.4 Å². The lowest BCUT2D eigenvalue weighted by molar-refractivity contribution is 0.0957. The van der Waals surface area contributed by atoms with Crippen LogP contribution in [0.3, 0.4) is 0 Å². The molecule has 3 atom stereocenters. The van der Waals surface area contributed by atoms with Gasteiger partial charge in [0.2, 0.25) is 0 Å². The number of rotatable bonds is 5. The van der Waals surface area contributed by atoms with Gasteiger partial charge >= 0.3 is 0 Å². The molecular weight excluding hydrogens is 248 g/mol. The first-order valence-corrected chi connectivity index (χ1v) is 8.16. The molecule has 0 bridgehead atoms. The topological polar surface area (TPSA) is 47.1 Å². The molecule has 1 aromatic heterocycles. The zero-order chi connectivity index (χ0) is 14.1. The molecule has 4 nitrogen and oxygen atoms in total. The van der Waals surface area contributed by atoms with E-state index in [0.29, 0.717) is 24.7 Å². The maximum Gasteiger partial charge on any atom is 0.0951 e. The van der Waals surface area contributed by atoms with Crippen molar-refractivity contribution in [2.24, 2.45) is 11.7 Å². The average Bonchev–Trinajstić information content (AvgIpc) is 3.19. The SMILES string of the molecule is CC1CCCCC1N(C)C(CN)c1cncn1C1CC1. The first-order chi connectivity index (χ1) is 9.72. The molecule has 2 aliphatic carbocycles. The summed E-state index contributed by atoms with van der Waals surface area (Å²) in [5, 5.41) is 0. The van der Waals surface area contributed by atoms with E-state index in [1.165, 1.54) is 44.2 Å². The van der Waals surface area contributed by atoms with Gasteiger partial charge in [-0.05, 0) is 38.6 Å². The van der Waals surface area contributed by atoms with Gasteiger partial charge < -0.3 is 10.3 Å². The Bertz CT molecular complexity index is 437. The number of nitrogens with zero attached hydrogens (tertiary/aromatic N) is 3. The molecule has 20 heavy (non-hydrogen) atoms. The van der Waals surface area contributed by atoms with Crippen molar-refractivity contribution in [1.29, 1.82) is 0 Å². The van der Waals surface area contributed by atoms with E-state index in [-0.39, 0.29) is 0 Å². The number of hydrogen-bond acceptors (Lipinski definition) is 3. The monoisotopic (exact) mass is 276 g/mol. The van der Waals surface area contributed by atoms with Crippen LogP contribution in [0.2, 0.25) is 0 Å². The average molecular weight is 276 g/mol. The highest BCUT2D eigenvalue weighted by atomic mass is 15.2. The molecule has 1 aromatic rings. The van der Waals surface area contributed by atoms with Crippen molar-refractivity contribution >= 4 is 0 Å². The summed E-state index contributed by atoms with van der Waals surface area (Å²) in [6.07, 6.45) is 12.0. The Balaban J connectivity index is 1.79. The normalized spacial score (nSPS) is 28.8. The smallest absolute Gasteiger partial charge is 0.0951 e. The van der Waals surface area contributed by atoms with Crippen molar-refractivity contribution in [2.75, 3.05) is 13.6 Å². The van der Waals surface area contributed by atoms with Crippen LogP contribution < -0.4 is 5.73 Å². The zero-order valence-electron chi connectivity index (χ0n) is 12.8. The quantitative estimate of drug-likeness (QED) is 0.899. The third-order valence-corrected chi connectivity index (χ3v) is 5.28. The van der Waals surface area contributed by atoms with Crippen LogP contribution in [0, 0.1) is 5.92 Å². The highest BCUT2D eigenvalue weighted by Gasteiger charge is 2.33. The molecule has 2 aliphatic rings. The Labute approximate surface area is 122 Å². The van der Waals surface area contributed by atoms with E-state index < -0.39 is 0 Å². The summed E-state index contributed by atoms with van der Waals surface area (Å²) in [4.78, 5) is 6.91. The molecule has 2 saturated carbocycles. The minimum Gasteiger partial charge on any atom is -0.330 e. The number of hydrogen-bond donors (Lipinski definition) is 1.